The minimum Gasteiger partial charge on any atom is -0.322 e. The number of para-hydroxylation sites is 1. The summed E-state index contributed by atoms with van der Waals surface area (Å²) in [6.45, 7) is 2.28. The van der Waals surface area contributed by atoms with Crippen molar-refractivity contribution >= 4 is 22.9 Å². The van der Waals surface area contributed by atoms with Crippen molar-refractivity contribution in [1.82, 2.24) is 0 Å². The van der Waals surface area contributed by atoms with Gasteiger partial charge in [-0.3, -0.25) is 4.79 Å². The van der Waals surface area contributed by atoms with Gasteiger partial charge in [0.05, 0.1) is 5.56 Å². The van der Waals surface area contributed by atoms with E-state index >= 15 is 0 Å². The van der Waals surface area contributed by atoms with Crippen molar-refractivity contribution in [2.75, 3.05) is 5.32 Å². The van der Waals surface area contributed by atoms with Gasteiger partial charge in [0, 0.05) is 15.9 Å². The number of rotatable bonds is 2. The van der Waals surface area contributed by atoms with Gasteiger partial charge in [-0.05, 0) is 42.9 Å². The van der Waals surface area contributed by atoms with Crippen LogP contribution in [-0.2, 0) is 12.8 Å². The van der Waals surface area contributed by atoms with E-state index in [-0.39, 0.29) is 5.91 Å². The molecule has 3 rings (SSSR count). The Morgan fingerprint density at radius 3 is 2.89 bits per heavy atom. The minimum absolute atomic E-state index is 0.0262. The summed E-state index contributed by atoms with van der Waals surface area (Å²) in [6, 6.07) is 9.64. The molecule has 1 heterocycles. The van der Waals surface area contributed by atoms with Crippen LogP contribution in [0.5, 0.6) is 0 Å². The summed E-state index contributed by atoms with van der Waals surface area (Å²) >= 11 is 1.73. The summed E-state index contributed by atoms with van der Waals surface area (Å²) in [5.74, 6) is 0.773. The molecule has 1 N–H and O–H groups in total. The molecule has 3 heteroatoms. The van der Waals surface area contributed by atoms with Gasteiger partial charge in [0.1, 0.15) is 0 Å². The highest BCUT2D eigenvalue weighted by Crippen LogP contribution is 2.33. The van der Waals surface area contributed by atoms with E-state index in [1.807, 2.05) is 35.7 Å². The Bertz CT molecular complexity index is 588. The van der Waals surface area contributed by atoms with Crippen molar-refractivity contribution in [1.29, 1.82) is 0 Å². The van der Waals surface area contributed by atoms with E-state index in [1.54, 1.807) is 11.3 Å². The molecule has 0 aliphatic heterocycles. The Balaban J connectivity index is 1.81. The van der Waals surface area contributed by atoms with E-state index in [0.29, 0.717) is 0 Å². The summed E-state index contributed by atoms with van der Waals surface area (Å²) in [6.07, 6.45) is 3.35. The van der Waals surface area contributed by atoms with Gasteiger partial charge in [-0.15, -0.1) is 11.3 Å². The molecule has 19 heavy (non-hydrogen) atoms. The van der Waals surface area contributed by atoms with Crippen molar-refractivity contribution < 1.29 is 4.79 Å². The Labute approximate surface area is 117 Å². The molecule has 1 aromatic carbocycles. The van der Waals surface area contributed by atoms with Crippen LogP contribution in [0.1, 0.15) is 34.1 Å². The second-order valence-electron chi connectivity index (χ2n) is 5.22. The van der Waals surface area contributed by atoms with Crippen LogP contribution >= 0.6 is 11.3 Å². The van der Waals surface area contributed by atoms with Crippen LogP contribution in [0.2, 0.25) is 0 Å². The van der Waals surface area contributed by atoms with Gasteiger partial charge in [0.25, 0.3) is 5.91 Å². The first-order chi connectivity index (χ1) is 9.24. The third-order valence-electron chi connectivity index (χ3n) is 3.68. The number of nitrogens with one attached hydrogen (secondary N) is 1. The number of benzene rings is 1. The van der Waals surface area contributed by atoms with E-state index in [9.17, 15) is 4.79 Å². The molecule has 0 radical (unpaired) electrons. The Morgan fingerprint density at radius 1 is 1.32 bits per heavy atom. The number of anilines is 1. The van der Waals surface area contributed by atoms with E-state index in [2.05, 4.69) is 12.2 Å². The largest absolute Gasteiger partial charge is 0.322 e. The zero-order chi connectivity index (χ0) is 13.2. The molecule has 2 aromatic rings. The van der Waals surface area contributed by atoms with Crippen LogP contribution in [0.25, 0.3) is 0 Å². The van der Waals surface area contributed by atoms with Crippen molar-refractivity contribution in [2.45, 2.75) is 26.2 Å². The molecule has 0 fully saturated rings. The van der Waals surface area contributed by atoms with Gasteiger partial charge in [-0.1, -0.05) is 25.1 Å². The molecule has 1 amide bonds. The summed E-state index contributed by atoms with van der Waals surface area (Å²) in [5.41, 5.74) is 3.00. The first-order valence-electron chi connectivity index (χ1n) is 6.69. The second-order valence-corrected chi connectivity index (χ2v) is 6.18. The molecular weight excluding hydrogens is 254 g/mol. The Kier molecular flexibility index (Phi) is 3.38. The Morgan fingerprint density at radius 2 is 2.11 bits per heavy atom. The van der Waals surface area contributed by atoms with Crippen LogP contribution in [0.4, 0.5) is 5.69 Å². The quantitative estimate of drug-likeness (QED) is 0.874. The fraction of sp³-hybridized carbons (Fsp3) is 0.312. The summed E-state index contributed by atoms with van der Waals surface area (Å²) in [7, 11) is 0. The molecule has 1 aromatic heterocycles. The highest BCUT2D eigenvalue weighted by Gasteiger charge is 2.23. The third-order valence-corrected chi connectivity index (χ3v) is 4.73. The molecule has 2 nitrogen and oxygen atoms in total. The highest BCUT2D eigenvalue weighted by molar-refractivity contribution is 7.10. The van der Waals surface area contributed by atoms with Gasteiger partial charge < -0.3 is 5.32 Å². The van der Waals surface area contributed by atoms with Crippen molar-refractivity contribution in [3.63, 3.8) is 0 Å². The van der Waals surface area contributed by atoms with Crippen LogP contribution in [-0.4, -0.2) is 5.91 Å². The predicted octanol–water partition coefficient (Wildman–Crippen LogP) is 4.13. The number of amides is 1. The lowest BCUT2D eigenvalue weighted by Gasteiger charge is -2.18. The molecule has 0 saturated heterocycles. The number of fused-ring (bicyclic) bond motifs is 1. The molecule has 0 spiro atoms. The molecule has 1 atom stereocenters. The lowest BCUT2D eigenvalue weighted by molar-refractivity contribution is 0.102. The van der Waals surface area contributed by atoms with Crippen LogP contribution in [0.3, 0.4) is 0 Å². The third kappa shape index (κ3) is 2.56. The minimum atomic E-state index is 0.0262. The molecule has 0 bridgehead atoms. The Hall–Kier alpha value is -1.61. The summed E-state index contributed by atoms with van der Waals surface area (Å²) < 4.78 is 0. The van der Waals surface area contributed by atoms with E-state index < -0.39 is 0 Å². The predicted molar refractivity (Wildman–Crippen MR) is 79.9 cm³/mol. The molecule has 1 aliphatic carbocycles. The van der Waals surface area contributed by atoms with E-state index in [0.717, 1.165) is 30.0 Å². The van der Waals surface area contributed by atoms with Crippen molar-refractivity contribution in [3.8, 4) is 0 Å². The van der Waals surface area contributed by atoms with Gasteiger partial charge in [-0.25, -0.2) is 0 Å². The fourth-order valence-corrected chi connectivity index (χ4v) is 3.83. The SMILES string of the molecule is CC1CCc2c(C(=O)Nc3ccccc3)csc2C1. The van der Waals surface area contributed by atoms with Gasteiger partial charge >= 0.3 is 0 Å². The molecular formula is C16H17NOS. The maximum absolute atomic E-state index is 12.3. The second kappa shape index (κ2) is 5.17. The average molecular weight is 271 g/mol. The van der Waals surface area contributed by atoms with E-state index in [1.165, 1.54) is 16.9 Å². The zero-order valence-corrected chi connectivity index (χ0v) is 11.8. The fourth-order valence-electron chi connectivity index (χ4n) is 2.59. The molecule has 1 aliphatic rings. The standard InChI is InChI=1S/C16H17NOS/c1-11-7-8-13-14(10-19-15(13)9-11)16(18)17-12-5-3-2-4-6-12/h2-6,10-11H,7-9H2,1H3,(H,17,18). The smallest absolute Gasteiger partial charge is 0.256 e. The van der Waals surface area contributed by atoms with Crippen LogP contribution in [0.15, 0.2) is 35.7 Å². The maximum atomic E-state index is 12.3. The summed E-state index contributed by atoms with van der Waals surface area (Å²) in [4.78, 5) is 13.7. The van der Waals surface area contributed by atoms with Gasteiger partial charge in [0.15, 0.2) is 0 Å². The van der Waals surface area contributed by atoms with Crippen LogP contribution in [0, 0.1) is 5.92 Å². The number of carbonyl (C=O) groups is 1. The van der Waals surface area contributed by atoms with E-state index in [4.69, 9.17) is 0 Å². The number of thiophene rings is 1. The first-order valence-corrected chi connectivity index (χ1v) is 7.57. The van der Waals surface area contributed by atoms with Gasteiger partial charge in [-0.2, -0.15) is 0 Å². The normalized spacial score (nSPS) is 17.8. The van der Waals surface area contributed by atoms with Crippen molar-refractivity contribution in [2.24, 2.45) is 5.92 Å². The number of hydrogen-bond acceptors (Lipinski definition) is 2. The van der Waals surface area contributed by atoms with Gasteiger partial charge in [0.2, 0.25) is 0 Å². The highest BCUT2D eigenvalue weighted by atomic mass is 32.1. The lowest BCUT2D eigenvalue weighted by atomic mass is 9.88. The maximum Gasteiger partial charge on any atom is 0.256 e. The topological polar surface area (TPSA) is 29.1 Å². The molecule has 98 valence electrons. The molecule has 1 unspecified atom stereocenters. The number of carbonyl (C=O) groups excluding carboxylic acids is 1. The molecule has 0 saturated carbocycles. The lowest BCUT2D eigenvalue weighted by Crippen LogP contribution is -2.16. The summed E-state index contributed by atoms with van der Waals surface area (Å²) in [5, 5.41) is 4.99. The zero-order valence-electron chi connectivity index (χ0n) is 11.0. The van der Waals surface area contributed by atoms with Crippen molar-refractivity contribution in [3.05, 3.63) is 51.7 Å². The average Bonchev–Trinajstić information content (AvgIpc) is 2.82. The number of hydrogen-bond donors (Lipinski definition) is 1. The first kappa shape index (κ1) is 12.4. The monoisotopic (exact) mass is 271 g/mol. The van der Waals surface area contributed by atoms with Crippen LogP contribution < -0.4 is 5.32 Å².